The minimum atomic E-state index is -0.898. The molecule has 104 valence electrons. The first-order valence-corrected chi connectivity index (χ1v) is 6.58. The zero-order valence-corrected chi connectivity index (χ0v) is 11.7. The summed E-state index contributed by atoms with van der Waals surface area (Å²) >= 11 is 0. The van der Waals surface area contributed by atoms with E-state index in [0.29, 0.717) is 0 Å². The first-order chi connectivity index (χ1) is 8.34. The van der Waals surface area contributed by atoms with E-state index in [1.165, 1.54) is 0 Å². The Morgan fingerprint density at radius 3 is 2.28 bits per heavy atom. The van der Waals surface area contributed by atoms with Gasteiger partial charge in [0.1, 0.15) is 6.04 Å². The van der Waals surface area contributed by atoms with Gasteiger partial charge in [0.25, 0.3) is 0 Å². The van der Waals surface area contributed by atoms with Crippen molar-refractivity contribution in [3.8, 4) is 0 Å². The van der Waals surface area contributed by atoms with Crippen LogP contribution in [-0.4, -0.2) is 58.5 Å². The van der Waals surface area contributed by atoms with Crippen LogP contribution >= 0.6 is 0 Å². The Bertz CT molecular complexity index is 309. The van der Waals surface area contributed by atoms with Crippen LogP contribution in [0.3, 0.4) is 0 Å². The predicted molar refractivity (Wildman–Crippen MR) is 69.3 cm³/mol. The number of carboxylic acids is 1. The largest absolute Gasteiger partial charge is 0.480 e. The van der Waals surface area contributed by atoms with Gasteiger partial charge in [-0.2, -0.15) is 0 Å². The van der Waals surface area contributed by atoms with Gasteiger partial charge >= 0.3 is 5.97 Å². The van der Waals surface area contributed by atoms with Crippen LogP contribution in [0.25, 0.3) is 0 Å². The van der Waals surface area contributed by atoms with Crippen molar-refractivity contribution in [1.29, 1.82) is 0 Å². The SMILES string of the molecule is C[C@H](C(=O)O)N(C)CC(=O)N1[C@H](C)CCC[C@@H]1C. The van der Waals surface area contributed by atoms with Crippen LogP contribution in [0, 0.1) is 0 Å². The molecule has 0 spiro atoms. The van der Waals surface area contributed by atoms with Gasteiger partial charge in [-0.15, -0.1) is 0 Å². The number of piperidine rings is 1. The predicted octanol–water partition coefficient (Wildman–Crippen LogP) is 1.18. The van der Waals surface area contributed by atoms with Gasteiger partial charge in [0.2, 0.25) is 5.91 Å². The van der Waals surface area contributed by atoms with Gasteiger partial charge in [0, 0.05) is 12.1 Å². The average molecular weight is 256 g/mol. The van der Waals surface area contributed by atoms with E-state index in [1.807, 2.05) is 4.90 Å². The Labute approximate surface area is 109 Å². The molecule has 1 N–H and O–H groups in total. The second-order valence-corrected chi connectivity index (χ2v) is 5.36. The van der Waals surface area contributed by atoms with E-state index in [-0.39, 0.29) is 24.5 Å². The number of rotatable bonds is 4. The van der Waals surface area contributed by atoms with Crippen LogP contribution in [0.4, 0.5) is 0 Å². The topological polar surface area (TPSA) is 60.9 Å². The van der Waals surface area contributed by atoms with Crippen molar-refractivity contribution >= 4 is 11.9 Å². The molecule has 5 nitrogen and oxygen atoms in total. The number of carbonyl (C=O) groups excluding carboxylic acids is 1. The van der Waals surface area contributed by atoms with E-state index < -0.39 is 12.0 Å². The Hall–Kier alpha value is -1.10. The lowest BCUT2D eigenvalue weighted by atomic mass is 9.97. The van der Waals surface area contributed by atoms with Crippen molar-refractivity contribution in [2.45, 2.75) is 58.2 Å². The average Bonchev–Trinajstić information content (AvgIpc) is 2.27. The maximum atomic E-state index is 12.2. The fourth-order valence-electron chi connectivity index (χ4n) is 2.53. The summed E-state index contributed by atoms with van der Waals surface area (Å²) in [5.41, 5.74) is 0. The molecule has 0 aromatic carbocycles. The number of amides is 1. The third-order valence-corrected chi connectivity index (χ3v) is 3.88. The highest BCUT2D eigenvalue weighted by atomic mass is 16.4. The summed E-state index contributed by atoms with van der Waals surface area (Å²) in [6, 6.07) is -0.117. The number of carboxylic acid groups (broad SMARTS) is 1. The van der Waals surface area contributed by atoms with E-state index in [4.69, 9.17) is 5.11 Å². The highest BCUT2D eigenvalue weighted by Crippen LogP contribution is 2.22. The van der Waals surface area contributed by atoms with Crippen molar-refractivity contribution in [3.63, 3.8) is 0 Å². The molecule has 3 atom stereocenters. The Kier molecular flexibility index (Phi) is 5.14. The molecule has 0 aromatic rings. The maximum absolute atomic E-state index is 12.2. The summed E-state index contributed by atoms with van der Waals surface area (Å²) in [7, 11) is 1.68. The number of hydrogen-bond donors (Lipinski definition) is 1. The molecule has 18 heavy (non-hydrogen) atoms. The fraction of sp³-hybridized carbons (Fsp3) is 0.846. The second-order valence-electron chi connectivity index (χ2n) is 5.36. The van der Waals surface area contributed by atoms with E-state index in [9.17, 15) is 9.59 Å². The molecular formula is C13H24N2O3. The van der Waals surface area contributed by atoms with Gasteiger partial charge in [-0.05, 0) is 47.1 Å². The highest BCUT2D eigenvalue weighted by Gasteiger charge is 2.30. The number of hydrogen-bond acceptors (Lipinski definition) is 3. The lowest BCUT2D eigenvalue weighted by Gasteiger charge is -2.40. The zero-order valence-electron chi connectivity index (χ0n) is 11.7. The van der Waals surface area contributed by atoms with Crippen LogP contribution in [0.15, 0.2) is 0 Å². The summed E-state index contributed by atoms with van der Waals surface area (Å²) in [4.78, 5) is 26.6. The number of likely N-dealkylation sites (N-methyl/N-ethyl adjacent to an activating group) is 1. The molecule has 1 aliphatic rings. The van der Waals surface area contributed by atoms with Crippen molar-refractivity contribution < 1.29 is 14.7 Å². The fourth-order valence-corrected chi connectivity index (χ4v) is 2.53. The van der Waals surface area contributed by atoms with Crippen LogP contribution in [-0.2, 0) is 9.59 Å². The monoisotopic (exact) mass is 256 g/mol. The van der Waals surface area contributed by atoms with Crippen molar-refractivity contribution in [2.75, 3.05) is 13.6 Å². The van der Waals surface area contributed by atoms with Gasteiger partial charge in [-0.3, -0.25) is 14.5 Å². The van der Waals surface area contributed by atoms with E-state index >= 15 is 0 Å². The molecule has 5 heteroatoms. The van der Waals surface area contributed by atoms with Crippen molar-refractivity contribution in [3.05, 3.63) is 0 Å². The molecule has 1 heterocycles. The quantitative estimate of drug-likeness (QED) is 0.820. The van der Waals surface area contributed by atoms with Crippen LogP contribution in [0.5, 0.6) is 0 Å². The molecule has 0 unspecified atom stereocenters. The summed E-state index contributed by atoms with van der Waals surface area (Å²) in [5.74, 6) is -0.865. The van der Waals surface area contributed by atoms with Gasteiger partial charge < -0.3 is 10.0 Å². The molecule has 0 bridgehead atoms. The molecule has 0 aliphatic carbocycles. The van der Waals surface area contributed by atoms with E-state index in [1.54, 1.807) is 18.9 Å². The number of carbonyl (C=O) groups is 2. The van der Waals surface area contributed by atoms with Gasteiger partial charge in [-0.1, -0.05) is 0 Å². The third-order valence-electron chi connectivity index (χ3n) is 3.88. The van der Waals surface area contributed by atoms with Crippen molar-refractivity contribution in [2.24, 2.45) is 0 Å². The van der Waals surface area contributed by atoms with Gasteiger partial charge in [-0.25, -0.2) is 0 Å². The molecule has 0 aromatic heterocycles. The van der Waals surface area contributed by atoms with Crippen LogP contribution in [0.2, 0.25) is 0 Å². The first kappa shape index (κ1) is 15.0. The van der Waals surface area contributed by atoms with Crippen LogP contribution in [0.1, 0.15) is 40.0 Å². The summed E-state index contributed by atoms with van der Waals surface area (Å²) in [5, 5.41) is 8.91. The molecule has 0 radical (unpaired) electrons. The summed E-state index contributed by atoms with van der Waals surface area (Å²) in [6.07, 6.45) is 3.23. The number of likely N-dealkylation sites (tertiary alicyclic amines) is 1. The molecule has 1 fully saturated rings. The zero-order chi connectivity index (χ0) is 13.9. The number of aliphatic carboxylic acids is 1. The smallest absolute Gasteiger partial charge is 0.320 e. The standard InChI is InChI=1S/C13H24N2O3/c1-9-6-5-7-10(2)15(9)12(16)8-14(4)11(3)13(17)18/h9-11H,5-8H2,1-4H3,(H,17,18)/t9-,10+,11-/m1/s1. The molecule has 1 rings (SSSR count). The minimum Gasteiger partial charge on any atom is -0.480 e. The molecule has 1 amide bonds. The van der Waals surface area contributed by atoms with Gasteiger partial charge in [0.15, 0.2) is 0 Å². The molecular weight excluding hydrogens is 232 g/mol. The number of nitrogens with zero attached hydrogens (tertiary/aromatic N) is 2. The van der Waals surface area contributed by atoms with Gasteiger partial charge in [0.05, 0.1) is 6.54 Å². The van der Waals surface area contributed by atoms with E-state index in [2.05, 4.69) is 13.8 Å². The molecule has 0 saturated carbocycles. The third kappa shape index (κ3) is 3.45. The first-order valence-electron chi connectivity index (χ1n) is 6.58. The molecule has 1 aliphatic heterocycles. The summed E-state index contributed by atoms with van der Waals surface area (Å²) < 4.78 is 0. The Balaban J connectivity index is 2.61. The normalized spacial score (nSPS) is 26.2. The Morgan fingerprint density at radius 1 is 1.33 bits per heavy atom. The van der Waals surface area contributed by atoms with Crippen molar-refractivity contribution in [1.82, 2.24) is 9.80 Å². The summed E-state index contributed by atoms with van der Waals surface area (Å²) in [6.45, 7) is 5.89. The minimum absolute atomic E-state index is 0.0327. The molecule has 1 saturated heterocycles. The maximum Gasteiger partial charge on any atom is 0.320 e. The lowest BCUT2D eigenvalue weighted by Crippen LogP contribution is -2.52. The van der Waals surface area contributed by atoms with Crippen LogP contribution < -0.4 is 0 Å². The second kappa shape index (κ2) is 6.18. The Morgan fingerprint density at radius 2 is 1.83 bits per heavy atom. The lowest BCUT2D eigenvalue weighted by molar-refractivity contribution is -0.144. The highest BCUT2D eigenvalue weighted by molar-refractivity contribution is 5.80. The van der Waals surface area contributed by atoms with E-state index in [0.717, 1.165) is 19.3 Å².